The second kappa shape index (κ2) is 12.1. The SMILES string of the molecule is Cc1ccc(C(=O)N2CCC(N(Cc3ccccc3C)CC(C)C)C[C@@H]2C(=O)NCCN)cc1. The van der Waals surface area contributed by atoms with Gasteiger partial charge in [-0.1, -0.05) is 55.8 Å². The van der Waals surface area contributed by atoms with Crippen LogP contribution in [-0.4, -0.2) is 59.9 Å². The number of likely N-dealkylation sites (tertiary alicyclic amines) is 1. The Bertz CT molecular complexity index is 957. The quantitative estimate of drug-likeness (QED) is 0.595. The molecule has 1 unspecified atom stereocenters. The van der Waals surface area contributed by atoms with Crippen LogP contribution in [0.4, 0.5) is 0 Å². The van der Waals surface area contributed by atoms with Gasteiger partial charge in [0.2, 0.25) is 5.91 Å². The number of rotatable bonds is 9. The number of nitrogens with two attached hydrogens (primary N) is 1. The van der Waals surface area contributed by atoms with Crippen LogP contribution < -0.4 is 11.1 Å². The third-order valence-electron chi connectivity index (χ3n) is 6.63. The fraction of sp³-hybridized carbons (Fsp3) is 0.500. The Balaban J connectivity index is 1.84. The summed E-state index contributed by atoms with van der Waals surface area (Å²) in [5.74, 6) is 0.303. The molecule has 1 aliphatic rings. The van der Waals surface area contributed by atoms with E-state index in [4.69, 9.17) is 5.73 Å². The highest BCUT2D eigenvalue weighted by atomic mass is 16.2. The molecule has 1 heterocycles. The van der Waals surface area contributed by atoms with Crippen LogP contribution in [0.2, 0.25) is 0 Å². The fourth-order valence-corrected chi connectivity index (χ4v) is 4.76. The zero-order valence-electron chi connectivity index (χ0n) is 21.1. The van der Waals surface area contributed by atoms with Crippen LogP contribution in [0.25, 0.3) is 0 Å². The monoisotopic (exact) mass is 464 g/mol. The maximum atomic E-state index is 13.4. The lowest BCUT2D eigenvalue weighted by atomic mass is 9.92. The first-order valence-electron chi connectivity index (χ1n) is 12.4. The van der Waals surface area contributed by atoms with Crippen molar-refractivity contribution < 1.29 is 9.59 Å². The van der Waals surface area contributed by atoms with Crippen molar-refractivity contribution in [1.82, 2.24) is 15.1 Å². The molecular formula is C28H40N4O2. The largest absolute Gasteiger partial charge is 0.353 e. The first-order chi connectivity index (χ1) is 16.3. The fourth-order valence-electron chi connectivity index (χ4n) is 4.76. The second-order valence-corrected chi connectivity index (χ2v) is 9.89. The van der Waals surface area contributed by atoms with Crippen molar-refractivity contribution in [3.05, 3.63) is 70.8 Å². The van der Waals surface area contributed by atoms with E-state index in [2.05, 4.69) is 55.3 Å². The molecule has 6 heteroatoms. The molecule has 1 saturated heterocycles. The van der Waals surface area contributed by atoms with E-state index in [1.807, 2.05) is 31.2 Å². The summed E-state index contributed by atoms with van der Waals surface area (Å²) in [4.78, 5) is 30.8. The predicted octanol–water partition coefficient (Wildman–Crippen LogP) is 3.51. The van der Waals surface area contributed by atoms with Gasteiger partial charge in [-0.15, -0.1) is 0 Å². The summed E-state index contributed by atoms with van der Waals surface area (Å²) < 4.78 is 0. The number of aryl methyl sites for hydroxylation is 2. The van der Waals surface area contributed by atoms with Crippen molar-refractivity contribution in [2.45, 2.75) is 59.2 Å². The molecule has 0 spiro atoms. The van der Waals surface area contributed by atoms with Gasteiger partial charge in [-0.2, -0.15) is 0 Å². The normalized spacial score (nSPS) is 18.4. The second-order valence-electron chi connectivity index (χ2n) is 9.89. The molecule has 3 rings (SSSR count). The van der Waals surface area contributed by atoms with Crippen LogP contribution in [-0.2, 0) is 11.3 Å². The van der Waals surface area contributed by atoms with Crippen LogP contribution >= 0.6 is 0 Å². The zero-order valence-corrected chi connectivity index (χ0v) is 21.1. The van der Waals surface area contributed by atoms with Crippen LogP contribution in [0.15, 0.2) is 48.5 Å². The lowest BCUT2D eigenvalue weighted by Crippen LogP contribution is -2.58. The molecule has 2 atom stereocenters. The molecular weight excluding hydrogens is 424 g/mol. The first-order valence-corrected chi connectivity index (χ1v) is 12.4. The van der Waals surface area contributed by atoms with Gasteiger partial charge in [-0.25, -0.2) is 0 Å². The highest BCUT2D eigenvalue weighted by molar-refractivity contribution is 5.97. The van der Waals surface area contributed by atoms with Crippen molar-refractivity contribution in [2.75, 3.05) is 26.2 Å². The van der Waals surface area contributed by atoms with Crippen molar-refractivity contribution in [3.63, 3.8) is 0 Å². The van der Waals surface area contributed by atoms with Gasteiger partial charge in [0.05, 0.1) is 0 Å². The summed E-state index contributed by atoms with van der Waals surface area (Å²) in [5.41, 5.74) is 9.95. The predicted molar refractivity (Wildman–Crippen MR) is 138 cm³/mol. The Morgan fingerprint density at radius 2 is 1.82 bits per heavy atom. The molecule has 2 aromatic rings. The Morgan fingerprint density at radius 3 is 2.47 bits per heavy atom. The molecule has 0 aromatic heterocycles. The number of hydrogen-bond acceptors (Lipinski definition) is 4. The molecule has 3 N–H and O–H groups in total. The number of hydrogen-bond donors (Lipinski definition) is 2. The van der Waals surface area contributed by atoms with E-state index in [0.29, 0.717) is 37.5 Å². The van der Waals surface area contributed by atoms with Gasteiger partial charge in [0, 0.05) is 44.3 Å². The van der Waals surface area contributed by atoms with Gasteiger partial charge < -0.3 is 16.0 Å². The summed E-state index contributed by atoms with van der Waals surface area (Å²) in [6, 6.07) is 15.8. The van der Waals surface area contributed by atoms with E-state index in [1.165, 1.54) is 11.1 Å². The molecule has 2 amide bonds. The van der Waals surface area contributed by atoms with Crippen LogP contribution in [0.1, 0.15) is 53.7 Å². The molecule has 184 valence electrons. The Hall–Kier alpha value is -2.70. The van der Waals surface area contributed by atoms with Crippen LogP contribution in [0, 0.1) is 19.8 Å². The molecule has 1 aliphatic heterocycles. The van der Waals surface area contributed by atoms with Gasteiger partial charge in [0.15, 0.2) is 0 Å². The average molecular weight is 465 g/mol. The average Bonchev–Trinajstić information content (AvgIpc) is 2.83. The van der Waals surface area contributed by atoms with Crippen molar-refractivity contribution in [1.29, 1.82) is 0 Å². The number of nitrogens with zero attached hydrogens (tertiary/aromatic N) is 2. The van der Waals surface area contributed by atoms with E-state index >= 15 is 0 Å². The smallest absolute Gasteiger partial charge is 0.254 e. The van der Waals surface area contributed by atoms with Gasteiger partial charge in [0.1, 0.15) is 6.04 Å². The van der Waals surface area contributed by atoms with E-state index in [-0.39, 0.29) is 17.9 Å². The molecule has 2 aromatic carbocycles. The van der Waals surface area contributed by atoms with Gasteiger partial charge in [-0.3, -0.25) is 14.5 Å². The summed E-state index contributed by atoms with van der Waals surface area (Å²) in [6.07, 6.45) is 1.46. The minimum Gasteiger partial charge on any atom is -0.353 e. The number of amides is 2. The summed E-state index contributed by atoms with van der Waals surface area (Å²) in [7, 11) is 0. The maximum Gasteiger partial charge on any atom is 0.254 e. The number of carbonyl (C=O) groups is 2. The number of nitrogens with one attached hydrogen (secondary N) is 1. The third-order valence-corrected chi connectivity index (χ3v) is 6.63. The van der Waals surface area contributed by atoms with Crippen molar-refractivity contribution in [3.8, 4) is 0 Å². The van der Waals surface area contributed by atoms with E-state index in [9.17, 15) is 9.59 Å². The summed E-state index contributed by atoms with van der Waals surface area (Å²) >= 11 is 0. The van der Waals surface area contributed by atoms with Gasteiger partial charge >= 0.3 is 0 Å². The highest BCUT2D eigenvalue weighted by Gasteiger charge is 2.38. The van der Waals surface area contributed by atoms with E-state index in [1.54, 1.807) is 4.90 Å². The Labute approximate surface area is 204 Å². The molecule has 1 fully saturated rings. The first kappa shape index (κ1) is 25.9. The van der Waals surface area contributed by atoms with E-state index in [0.717, 1.165) is 25.1 Å². The molecule has 0 aliphatic carbocycles. The molecule has 0 saturated carbocycles. The number of carbonyl (C=O) groups excluding carboxylic acids is 2. The molecule has 34 heavy (non-hydrogen) atoms. The number of benzene rings is 2. The van der Waals surface area contributed by atoms with Crippen molar-refractivity contribution in [2.24, 2.45) is 11.7 Å². The standard InChI is InChI=1S/C28H40N4O2/c1-20(2)18-31(19-24-8-6-5-7-22(24)4)25-13-16-32(26(17-25)27(33)30-15-14-29)28(34)23-11-9-21(3)10-12-23/h5-12,20,25-26H,13-19,29H2,1-4H3,(H,30,33)/t25?,26-/m1/s1. The minimum absolute atomic E-state index is 0.0827. The minimum atomic E-state index is -0.509. The van der Waals surface area contributed by atoms with Crippen molar-refractivity contribution >= 4 is 11.8 Å². The van der Waals surface area contributed by atoms with Crippen LogP contribution in [0.5, 0.6) is 0 Å². The maximum absolute atomic E-state index is 13.4. The topological polar surface area (TPSA) is 78.7 Å². The zero-order chi connectivity index (χ0) is 24.7. The van der Waals surface area contributed by atoms with Gasteiger partial charge in [-0.05, 0) is 55.9 Å². The molecule has 6 nitrogen and oxygen atoms in total. The summed E-state index contributed by atoms with van der Waals surface area (Å²) in [5, 5.41) is 2.93. The third kappa shape index (κ3) is 6.67. The molecule has 0 bridgehead atoms. The number of piperidine rings is 1. The highest BCUT2D eigenvalue weighted by Crippen LogP contribution is 2.27. The molecule has 0 radical (unpaired) electrons. The Kier molecular flexibility index (Phi) is 9.25. The lowest BCUT2D eigenvalue weighted by molar-refractivity contribution is -0.127. The van der Waals surface area contributed by atoms with E-state index < -0.39 is 6.04 Å². The van der Waals surface area contributed by atoms with Crippen LogP contribution in [0.3, 0.4) is 0 Å². The Morgan fingerprint density at radius 1 is 1.12 bits per heavy atom. The lowest BCUT2D eigenvalue weighted by Gasteiger charge is -2.43. The summed E-state index contributed by atoms with van der Waals surface area (Å²) in [6.45, 7) is 11.7. The van der Waals surface area contributed by atoms with Gasteiger partial charge in [0.25, 0.3) is 5.91 Å².